The van der Waals surface area contributed by atoms with Gasteiger partial charge in [-0.3, -0.25) is 14.4 Å². The molecule has 0 radical (unpaired) electrons. The van der Waals surface area contributed by atoms with Crippen LogP contribution >= 0.6 is 22.9 Å². The first-order chi connectivity index (χ1) is 19.3. The number of nitrogens with zero attached hydrogens (tertiary/aromatic N) is 3. The molecule has 11 heteroatoms. The summed E-state index contributed by atoms with van der Waals surface area (Å²) in [5.41, 5.74) is 1.95. The second-order valence-corrected chi connectivity index (χ2v) is 11.8. The van der Waals surface area contributed by atoms with Crippen molar-refractivity contribution in [3.05, 3.63) is 119 Å². The van der Waals surface area contributed by atoms with Crippen LogP contribution in [0, 0.1) is 0 Å². The van der Waals surface area contributed by atoms with E-state index < -0.39 is 15.9 Å². The molecule has 0 unspecified atom stereocenters. The van der Waals surface area contributed by atoms with E-state index in [1.165, 1.54) is 34.9 Å². The maximum Gasteiger partial charge on any atom is 0.264 e. The summed E-state index contributed by atoms with van der Waals surface area (Å²) in [4.78, 5) is 13.6. The van der Waals surface area contributed by atoms with Crippen molar-refractivity contribution in [2.45, 2.75) is 11.4 Å². The Kier molecular flexibility index (Phi) is 8.11. The molecular weight excluding hydrogens is 568 g/mol. The van der Waals surface area contributed by atoms with E-state index in [0.29, 0.717) is 15.8 Å². The molecule has 0 aliphatic carbocycles. The standard InChI is InChI=1S/C29H23ClN4O4S2/c1-38-23-15-17-24(18-16-23)40(36,37)34(19-20-7-3-2-4-8-20)26-10-6-5-9-25(26)27(35)31-29-33-32-28(39-29)21-11-13-22(30)14-12-21/h2-18H,19H2,1H3,(H,31,33,35). The highest BCUT2D eigenvalue weighted by molar-refractivity contribution is 7.92. The first kappa shape index (κ1) is 27.3. The number of methoxy groups -OCH3 is 1. The summed E-state index contributed by atoms with van der Waals surface area (Å²) in [6.45, 7) is 0.0129. The van der Waals surface area contributed by atoms with Gasteiger partial charge in [-0.25, -0.2) is 8.42 Å². The van der Waals surface area contributed by atoms with Crippen LogP contribution in [0.5, 0.6) is 5.75 Å². The van der Waals surface area contributed by atoms with Crippen LogP contribution < -0.4 is 14.4 Å². The summed E-state index contributed by atoms with van der Waals surface area (Å²) in [6.07, 6.45) is 0. The van der Waals surface area contributed by atoms with Crippen LogP contribution in [-0.2, 0) is 16.6 Å². The molecule has 0 spiro atoms. The number of carbonyl (C=O) groups is 1. The van der Waals surface area contributed by atoms with Crippen LogP contribution in [-0.4, -0.2) is 31.6 Å². The molecule has 5 rings (SSSR count). The predicted octanol–water partition coefficient (Wildman–Crippen LogP) is 6.51. The highest BCUT2D eigenvalue weighted by atomic mass is 35.5. The van der Waals surface area contributed by atoms with Gasteiger partial charge in [0.05, 0.1) is 29.8 Å². The van der Waals surface area contributed by atoms with Gasteiger partial charge < -0.3 is 4.74 Å². The molecule has 0 saturated heterocycles. The zero-order valence-electron chi connectivity index (χ0n) is 21.2. The van der Waals surface area contributed by atoms with E-state index in [1.807, 2.05) is 42.5 Å². The second-order valence-electron chi connectivity index (χ2n) is 8.56. The van der Waals surface area contributed by atoms with Crippen molar-refractivity contribution in [2.75, 3.05) is 16.7 Å². The Morgan fingerprint density at radius 3 is 2.27 bits per heavy atom. The summed E-state index contributed by atoms with van der Waals surface area (Å²) in [5.74, 6) is 0.0146. The Morgan fingerprint density at radius 1 is 0.900 bits per heavy atom. The van der Waals surface area contributed by atoms with E-state index in [9.17, 15) is 13.2 Å². The molecule has 1 N–H and O–H groups in total. The SMILES string of the molecule is COc1ccc(S(=O)(=O)N(Cc2ccccc2)c2ccccc2C(=O)Nc2nnc(-c3ccc(Cl)cc3)s2)cc1. The number of amides is 1. The van der Waals surface area contributed by atoms with Crippen LogP contribution in [0.15, 0.2) is 108 Å². The van der Waals surface area contributed by atoms with Gasteiger partial charge in [0.1, 0.15) is 10.8 Å². The number of carbonyl (C=O) groups excluding carboxylic acids is 1. The summed E-state index contributed by atoms with van der Waals surface area (Å²) in [7, 11) is -2.57. The number of sulfonamides is 1. The van der Waals surface area contributed by atoms with Crippen LogP contribution in [0.4, 0.5) is 10.8 Å². The lowest BCUT2D eigenvalue weighted by Gasteiger charge is -2.26. The average molecular weight is 591 g/mol. The Bertz CT molecular complexity index is 1730. The van der Waals surface area contributed by atoms with E-state index in [1.54, 1.807) is 48.5 Å². The number of anilines is 2. The van der Waals surface area contributed by atoms with Crippen LogP contribution in [0.3, 0.4) is 0 Å². The summed E-state index contributed by atoms with van der Waals surface area (Å²) >= 11 is 7.17. The summed E-state index contributed by atoms with van der Waals surface area (Å²) in [5, 5.41) is 12.5. The zero-order chi connectivity index (χ0) is 28.1. The zero-order valence-corrected chi connectivity index (χ0v) is 23.6. The minimum atomic E-state index is -4.08. The third-order valence-electron chi connectivity index (χ3n) is 5.97. The molecule has 5 aromatic rings. The number of hydrogen-bond donors (Lipinski definition) is 1. The van der Waals surface area contributed by atoms with Crippen molar-refractivity contribution < 1.29 is 17.9 Å². The van der Waals surface area contributed by atoms with E-state index in [2.05, 4.69) is 15.5 Å². The summed E-state index contributed by atoms with van der Waals surface area (Å²) in [6, 6.07) is 29.0. The molecule has 8 nitrogen and oxygen atoms in total. The highest BCUT2D eigenvalue weighted by Gasteiger charge is 2.29. The fourth-order valence-corrected chi connectivity index (χ4v) is 6.30. The molecule has 4 aromatic carbocycles. The fraction of sp³-hybridized carbons (Fsp3) is 0.0690. The molecule has 40 heavy (non-hydrogen) atoms. The number of rotatable bonds is 9. The number of para-hydroxylation sites is 1. The number of hydrogen-bond acceptors (Lipinski definition) is 7. The van der Waals surface area contributed by atoms with Gasteiger partial charge in [-0.15, -0.1) is 10.2 Å². The monoisotopic (exact) mass is 590 g/mol. The van der Waals surface area contributed by atoms with Gasteiger partial charge in [0.2, 0.25) is 5.13 Å². The lowest BCUT2D eigenvalue weighted by atomic mass is 10.1. The van der Waals surface area contributed by atoms with E-state index in [0.717, 1.165) is 11.1 Å². The van der Waals surface area contributed by atoms with Crippen molar-refractivity contribution in [1.29, 1.82) is 0 Å². The maximum atomic E-state index is 14.0. The van der Waals surface area contributed by atoms with Gasteiger partial charge in [-0.2, -0.15) is 0 Å². The van der Waals surface area contributed by atoms with Crippen LogP contribution in [0.1, 0.15) is 15.9 Å². The molecule has 0 atom stereocenters. The smallest absolute Gasteiger partial charge is 0.264 e. The Balaban J connectivity index is 1.50. The van der Waals surface area contributed by atoms with Gasteiger partial charge in [0, 0.05) is 10.6 Å². The third-order valence-corrected chi connectivity index (χ3v) is 8.88. The minimum absolute atomic E-state index is 0.0129. The van der Waals surface area contributed by atoms with Crippen LogP contribution in [0.2, 0.25) is 5.02 Å². The topological polar surface area (TPSA) is 101 Å². The number of ether oxygens (including phenoxy) is 1. The van der Waals surface area contributed by atoms with Crippen LogP contribution in [0.25, 0.3) is 10.6 Å². The lowest BCUT2D eigenvalue weighted by Crippen LogP contribution is -2.32. The van der Waals surface area contributed by atoms with Gasteiger partial charge in [0.15, 0.2) is 0 Å². The van der Waals surface area contributed by atoms with Crippen molar-refractivity contribution in [3.63, 3.8) is 0 Å². The molecule has 1 amide bonds. The Hall–Kier alpha value is -4.25. The number of nitrogens with one attached hydrogen (secondary N) is 1. The van der Waals surface area contributed by atoms with Gasteiger partial charge in [0.25, 0.3) is 15.9 Å². The van der Waals surface area contributed by atoms with Crippen molar-refractivity contribution in [1.82, 2.24) is 10.2 Å². The fourth-order valence-electron chi connectivity index (χ4n) is 3.95. The van der Waals surface area contributed by atoms with Gasteiger partial charge in [-0.05, 0) is 54.1 Å². The Morgan fingerprint density at radius 2 is 1.57 bits per heavy atom. The normalized spacial score (nSPS) is 11.2. The first-order valence-corrected chi connectivity index (χ1v) is 14.7. The van der Waals surface area contributed by atoms with E-state index in [-0.39, 0.29) is 27.8 Å². The molecule has 1 heterocycles. The molecule has 0 bridgehead atoms. The predicted molar refractivity (Wildman–Crippen MR) is 158 cm³/mol. The molecule has 0 fully saturated rings. The average Bonchev–Trinajstić information content (AvgIpc) is 3.45. The summed E-state index contributed by atoms with van der Waals surface area (Å²) < 4.78 is 34.4. The maximum absolute atomic E-state index is 14.0. The number of halogens is 1. The van der Waals surface area contributed by atoms with Gasteiger partial charge in [-0.1, -0.05) is 77.5 Å². The Labute approximate surface area is 240 Å². The molecule has 0 aliphatic rings. The lowest BCUT2D eigenvalue weighted by molar-refractivity contribution is 0.102. The van der Waals surface area contributed by atoms with Crippen molar-refractivity contribution in [2.24, 2.45) is 0 Å². The van der Waals surface area contributed by atoms with Crippen molar-refractivity contribution in [3.8, 4) is 16.3 Å². The number of benzene rings is 4. The second kappa shape index (κ2) is 11.9. The molecule has 0 saturated carbocycles. The molecular formula is C29H23ClN4O4S2. The third kappa shape index (κ3) is 5.99. The minimum Gasteiger partial charge on any atom is -0.497 e. The van der Waals surface area contributed by atoms with E-state index in [4.69, 9.17) is 16.3 Å². The van der Waals surface area contributed by atoms with E-state index >= 15 is 0 Å². The highest BCUT2D eigenvalue weighted by Crippen LogP contribution is 2.32. The van der Waals surface area contributed by atoms with Gasteiger partial charge >= 0.3 is 0 Å². The molecule has 1 aromatic heterocycles. The number of aromatic nitrogens is 2. The first-order valence-electron chi connectivity index (χ1n) is 12.1. The quantitative estimate of drug-likeness (QED) is 0.210. The molecule has 0 aliphatic heterocycles. The van der Waals surface area contributed by atoms with Crippen molar-refractivity contribution >= 4 is 49.7 Å². The largest absolute Gasteiger partial charge is 0.497 e. The molecule has 202 valence electrons.